The highest BCUT2D eigenvalue weighted by Crippen LogP contribution is 2.35. The second-order valence-electron chi connectivity index (χ2n) is 7.48. The zero-order valence-corrected chi connectivity index (χ0v) is 19.4. The van der Waals surface area contributed by atoms with E-state index in [4.69, 9.17) is 19.4 Å². The topological polar surface area (TPSA) is 152 Å². The van der Waals surface area contributed by atoms with Crippen LogP contribution in [0.25, 0.3) is 0 Å². The van der Waals surface area contributed by atoms with Gasteiger partial charge < -0.3 is 24.8 Å². The van der Waals surface area contributed by atoms with Crippen LogP contribution in [-0.4, -0.2) is 63.8 Å². The minimum absolute atomic E-state index is 0.0652. The van der Waals surface area contributed by atoms with Crippen molar-refractivity contribution in [1.29, 1.82) is 0 Å². The van der Waals surface area contributed by atoms with E-state index < -0.39 is 26.5 Å². The smallest absolute Gasteiger partial charge is 0.319 e. The Hall–Kier alpha value is -3.35. The molecule has 1 aliphatic heterocycles. The summed E-state index contributed by atoms with van der Waals surface area (Å²) in [5.74, 6) is 0.0943. The predicted molar refractivity (Wildman–Crippen MR) is 122 cm³/mol. The van der Waals surface area contributed by atoms with Crippen LogP contribution >= 0.6 is 0 Å². The molecule has 0 atom stereocenters. The lowest BCUT2D eigenvalue weighted by Gasteiger charge is -2.34. The van der Waals surface area contributed by atoms with Crippen molar-refractivity contribution >= 4 is 27.5 Å². The molecular weight excluding hydrogens is 466 g/mol. The monoisotopic (exact) mass is 493 g/mol. The van der Waals surface area contributed by atoms with Gasteiger partial charge in [-0.25, -0.2) is 18.7 Å². The summed E-state index contributed by atoms with van der Waals surface area (Å²) in [6.07, 6.45) is -0.130. The first-order valence-corrected chi connectivity index (χ1v) is 12.0. The first kappa shape index (κ1) is 25.3. The molecule has 4 N–H and O–H groups in total. The molecule has 0 aliphatic carbocycles. The molecule has 0 bridgehead atoms. The number of nitrogens with one attached hydrogen (secondary N) is 3. The first-order valence-electron chi connectivity index (χ1n) is 10.5. The zero-order chi connectivity index (χ0) is 24.6. The highest BCUT2D eigenvalue weighted by molar-refractivity contribution is 7.93. The van der Waals surface area contributed by atoms with Crippen LogP contribution in [0.5, 0.6) is 11.5 Å². The van der Waals surface area contributed by atoms with Gasteiger partial charge in [-0.15, -0.1) is 0 Å². The Morgan fingerprint density at radius 3 is 2.24 bits per heavy atom. The summed E-state index contributed by atoms with van der Waals surface area (Å²) in [6.45, 7) is 0.540. The number of urea groups is 1. The molecule has 3 rings (SSSR count). The fraction of sp³-hybridized carbons (Fsp3) is 0.364. The number of hydroxylamine groups is 1. The molecule has 0 radical (unpaired) electrons. The van der Waals surface area contributed by atoms with Gasteiger partial charge in [0.25, 0.3) is 5.91 Å². The van der Waals surface area contributed by atoms with Gasteiger partial charge in [-0.05, 0) is 61.4 Å². The van der Waals surface area contributed by atoms with Crippen molar-refractivity contribution in [3.8, 4) is 11.5 Å². The van der Waals surface area contributed by atoms with Crippen LogP contribution < -0.4 is 25.6 Å². The maximum Gasteiger partial charge on any atom is 0.319 e. The van der Waals surface area contributed by atoms with Gasteiger partial charge in [0, 0.05) is 18.9 Å². The van der Waals surface area contributed by atoms with E-state index in [1.54, 1.807) is 31.4 Å². The molecule has 0 aromatic heterocycles. The zero-order valence-electron chi connectivity index (χ0n) is 18.6. The summed E-state index contributed by atoms with van der Waals surface area (Å²) in [7, 11) is -2.55. The minimum atomic E-state index is -4.10. The lowest BCUT2D eigenvalue weighted by molar-refractivity contribution is -0.134. The number of amides is 3. The molecule has 2 aromatic carbocycles. The molecule has 0 unspecified atom stereocenters. The van der Waals surface area contributed by atoms with Crippen LogP contribution in [0.15, 0.2) is 53.4 Å². The Bertz CT molecular complexity index is 1080. The number of carbonyl (C=O) groups is 2. The van der Waals surface area contributed by atoms with E-state index in [1.165, 1.54) is 29.7 Å². The fourth-order valence-electron chi connectivity index (χ4n) is 3.54. The van der Waals surface area contributed by atoms with Gasteiger partial charge in [0.1, 0.15) is 18.1 Å². The van der Waals surface area contributed by atoms with E-state index in [0.717, 1.165) is 0 Å². The Morgan fingerprint density at radius 2 is 1.65 bits per heavy atom. The normalized spacial score (nSPS) is 15.1. The number of methoxy groups -OCH3 is 1. The second-order valence-corrected chi connectivity index (χ2v) is 9.74. The standard InChI is InChI=1S/C22H27N3O8S/c1-31-17-4-2-16(3-5-17)24-21(27)23-12-15-33-18-6-8-19(9-7-18)34(29,30)22(20(26)25-28)10-13-32-14-11-22/h2-9,28H,10-15H2,1H3,(H,25,26)(H2,23,24,27). The van der Waals surface area contributed by atoms with Crippen molar-refractivity contribution in [2.75, 3.05) is 38.8 Å². The molecule has 1 heterocycles. The third kappa shape index (κ3) is 5.58. The largest absolute Gasteiger partial charge is 0.497 e. The average Bonchev–Trinajstić information content (AvgIpc) is 2.87. The molecule has 0 spiro atoms. The molecule has 11 nitrogen and oxygen atoms in total. The quantitative estimate of drug-likeness (QED) is 0.234. The Morgan fingerprint density at radius 1 is 1.03 bits per heavy atom. The summed E-state index contributed by atoms with van der Waals surface area (Å²) >= 11 is 0. The highest BCUT2D eigenvalue weighted by Gasteiger charge is 2.52. The number of hydrogen-bond donors (Lipinski definition) is 4. The van der Waals surface area contributed by atoms with Crippen LogP contribution in [-0.2, 0) is 19.4 Å². The van der Waals surface area contributed by atoms with Gasteiger partial charge in [-0.2, -0.15) is 0 Å². The molecule has 12 heteroatoms. The van der Waals surface area contributed by atoms with Gasteiger partial charge in [-0.3, -0.25) is 10.0 Å². The predicted octanol–water partition coefficient (Wildman–Crippen LogP) is 1.72. The van der Waals surface area contributed by atoms with Gasteiger partial charge in [-0.1, -0.05) is 0 Å². The Balaban J connectivity index is 1.53. The minimum Gasteiger partial charge on any atom is -0.497 e. The number of rotatable bonds is 9. The summed E-state index contributed by atoms with van der Waals surface area (Å²) in [5, 5.41) is 14.4. The van der Waals surface area contributed by atoms with Gasteiger partial charge in [0.2, 0.25) is 0 Å². The molecule has 3 amide bonds. The number of benzene rings is 2. The van der Waals surface area contributed by atoms with E-state index in [-0.39, 0.29) is 44.1 Å². The van der Waals surface area contributed by atoms with Crippen LogP contribution in [0.1, 0.15) is 12.8 Å². The average molecular weight is 494 g/mol. The molecule has 1 aliphatic rings. The summed E-state index contributed by atoms with van der Waals surface area (Å²) < 4.78 is 40.4. The number of ether oxygens (including phenoxy) is 3. The molecular formula is C22H27N3O8S. The molecule has 2 aromatic rings. The van der Waals surface area contributed by atoms with E-state index in [1.807, 2.05) is 0 Å². The van der Waals surface area contributed by atoms with E-state index in [2.05, 4.69) is 10.6 Å². The first-order chi connectivity index (χ1) is 16.3. The van der Waals surface area contributed by atoms with Crippen molar-refractivity contribution in [2.24, 2.45) is 0 Å². The van der Waals surface area contributed by atoms with Crippen LogP contribution in [0.2, 0.25) is 0 Å². The molecule has 34 heavy (non-hydrogen) atoms. The molecule has 1 fully saturated rings. The Kier molecular flexibility index (Phi) is 8.31. The van der Waals surface area contributed by atoms with E-state index in [0.29, 0.717) is 17.2 Å². The second kappa shape index (κ2) is 11.2. The lowest BCUT2D eigenvalue weighted by atomic mass is 9.98. The fourth-order valence-corrected chi connectivity index (χ4v) is 5.48. The van der Waals surface area contributed by atoms with Crippen molar-refractivity contribution in [2.45, 2.75) is 22.5 Å². The molecule has 184 valence electrons. The summed E-state index contributed by atoms with van der Waals surface area (Å²) in [6, 6.07) is 12.1. The number of carbonyl (C=O) groups excluding carboxylic acids is 2. The van der Waals surface area contributed by atoms with E-state index >= 15 is 0 Å². The number of sulfone groups is 1. The van der Waals surface area contributed by atoms with Crippen molar-refractivity contribution in [1.82, 2.24) is 10.8 Å². The SMILES string of the molecule is COc1ccc(NC(=O)NCCOc2ccc(S(=O)(=O)C3(C(=O)NO)CCOCC3)cc2)cc1. The number of anilines is 1. The van der Waals surface area contributed by atoms with Crippen molar-refractivity contribution in [3.05, 3.63) is 48.5 Å². The van der Waals surface area contributed by atoms with Crippen LogP contribution in [0.3, 0.4) is 0 Å². The third-order valence-corrected chi connectivity index (χ3v) is 7.98. The lowest BCUT2D eigenvalue weighted by Crippen LogP contribution is -2.54. The molecule has 1 saturated heterocycles. The summed E-state index contributed by atoms with van der Waals surface area (Å²) in [4.78, 5) is 24.2. The van der Waals surface area contributed by atoms with Crippen LogP contribution in [0.4, 0.5) is 10.5 Å². The van der Waals surface area contributed by atoms with Gasteiger partial charge >= 0.3 is 6.03 Å². The third-order valence-electron chi connectivity index (χ3n) is 5.47. The maximum absolute atomic E-state index is 13.2. The van der Waals surface area contributed by atoms with Crippen LogP contribution in [0, 0.1) is 0 Å². The summed E-state index contributed by atoms with van der Waals surface area (Å²) in [5.41, 5.74) is 2.09. The maximum atomic E-state index is 13.2. The van der Waals surface area contributed by atoms with Gasteiger partial charge in [0.15, 0.2) is 14.6 Å². The number of hydrogen-bond acceptors (Lipinski definition) is 8. The highest BCUT2D eigenvalue weighted by atomic mass is 32.2. The molecule has 0 saturated carbocycles. The van der Waals surface area contributed by atoms with Gasteiger partial charge in [0.05, 0.1) is 18.6 Å². The Labute approximate surface area is 197 Å². The van der Waals surface area contributed by atoms with Crippen molar-refractivity contribution < 1.29 is 37.4 Å². The van der Waals surface area contributed by atoms with Crippen molar-refractivity contribution in [3.63, 3.8) is 0 Å². The van der Waals surface area contributed by atoms with E-state index in [9.17, 15) is 18.0 Å².